The number of rotatable bonds is 8. The predicted octanol–water partition coefficient (Wildman–Crippen LogP) is 3.61. The van der Waals surface area contributed by atoms with E-state index in [1.165, 1.54) is 23.5 Å². The van der Waals surface area contributed by atoms with Crippen molar-refractivity contribution in [2.45, 2.75) is 0 Å². The Morgan fingerprint density at radius 3 is 2.78 bits per heavy atom. The Bertz CT molecular complexity index is 1040. The molecule has 1 fully saturated rings. The molecule has 2 heterocycles. The summed E-state index contributed by atoms with van der Waals surface area (Å²) in [5, 5.41) is 0.582. The fraction of sp³-hybridized carbons (Fsp3) is 0.364. The highest BCUT2D eigenvalue weighted by Gasteiger charge is 2.22. The van der Waals surface area contributed by atoms with Crippen LogP contribution in [0.15, 0.2) is 42.5 Å². The van der Waals surface area contributed by atoms with E-state index in [1.807, 2.05) is 18.2 Å². The predicted molar refractivity (Wildman–Crippen MR) is 125 cm³/mol. The first-order valence-electron chi connectivity index (χ1n) is 10.1. The van der Waals surface area contributed by atoms with E-state index < -0.39 is 5.82 Å². The number of aromatic nitrogens is 1. The molecular weight excluding hydrogens is 457 g/mol. The second-order valence-corrected chi connectivity index (χ2v) is 8.06. The highest BCUT2D eigenvalue weighted by molar-refractivity contribution is 7.22. The number of methoxy groups -OCH3 is 1. The maximum absolute atomic E-state index is 13.9. The highest BCUT2D eigenvalue weighted by atomic mass is 35.5. The van der Waals surface area contributed by atoms with Gasteiger partial charge in [0.25, 0.3) is 5.91 Å². The van der Waals surface area contributed by atoms with Crippen LogP contribution in [0.3, 0.4) is 0 Å². The van der Waals surface area contributed by atoms with Crippen LogP contribution in [0.25, 0.3) is 10.2 Å². The Morgan fingerprint density at radius 1 is 1.25 bits per heavy atom. The summed E-state index contributed by atoms with van der Waals surface area (Å²) in [5.74, 6) is -0.0128. The molecule has 0 spiro atoms. The quantitative estimate of drug-likeness (QED) is 0.490. The molecule has 1 aliphatic heterocycles. The first-order valence-corrected chi connectivity index (χ1v) is 10.9. The Kier molecular flexibility index (Phi) is 8.63. The zero-order chi connectivity index (χ0) is 21.6. The second kappa shape index (κ2) is 11.4. The first-order chi connectivity index (χ1) is 15.1. The molecule has 0 unspecified atom stereocenters. The fourth-order valence-electron chi connectivity index (χ4n) is 3.31. The molecule has 1 amide bonds. The van der Waals surface area contributed by atoms with Crippen LogP contribution < -0.4 is 14.4 Å². The van der Waals surface area contributed by atoms with Crippen LogP contribution in [0.1, 0.15) is 0 Å². The summed E-state index contributed by atoms with van der Waals surface area (Å²) >= 11 is 1.43. The van der Waals surface area contributed by atoms with Crippen molar-refractivity contribution in [2.24, 2.45) is 0 Å². The molecule has 1 saturated heterocycles. The maximum atomic E-state index is 13.9. The van der Waals surface area contributed by atoms with Gasteiger partial charge in [-0.05, 0) is 24.3 Å². The van der Waals surface area contributed by atoms with Gasteiger partial charge in [-0.3, -0.25) is 14.6 Å². The SMILES string of the molecule is COc1ccc2sc(N(CCN3CCOCC3)C(=O)COc3ccccc3F)nc2c1.Cl. The molecule has 0 N–H and O–H groups in total. The van der Waals surface area contributed by atoms with E-state index in [9.17, 15) is 9.18 Å². The van der Waals surface area contributed by atoms with Crippen molar-refractivity contribution in [3.8, 4) is 11.5 Å². The third-order valence-electron chi connectivity index (χ3n) is 5.05. The normalized spacial score (nSPS) is 14.1. The summed E-state index contributed by atoms with van der Waals surface area (Å²) in [5.41, 5.74) is 0.763. The lowest BCUT2D eigenvalue weighted by atomic mass is 10.3. The largest absolute Gasteiger partial charge is 0.497 e. The van der Waals surface area contributed by atoms with Gasteiger partial charge in [-0.1, -0.05) is 23.5 Å². The van der Waals surface area contributed by atoms with Gasteiger partial charge in [0, 0.05) is 32.2 Å². The van der Waals surface area contributed by atoms with Crippen LogP contribution in [-0.4, -0.2) is 68.9 Å². The molecule has 0 aliphatic carbocycles. The minimum Gasteiger partial charge on any atom is -0.497 e. The highest BCUT2D eigenvalue weighted by Crippen LogP contribution is 2.31. The molecule has 172 valence electrons. The number of morpholine rings is 1. The van der Waals surface area contributed by atoms with E-state index in [0.717, 1.165) is 23.3 Å². The average Bonchev–Trinajstić information content (AvgIpc) is 3.22. The number of fused-ring (bicyclic) bond motifs is 1. The molecule has 0 bridgehead atoms. The molecule has 7 nitrogen and oxygen atoms in total. The Balaban J connectivity index is 0.00000289. The molecule has 3 aromatic rings. The Morgan fingerprint density at radius 2 is 2.03 bits per heavy atom. The van der Waals surface area contributed by atoms with Crippen LogP contribution in [0.4, 0.5) is 9.52 Å². The molecule has 1 aromatic heterocycles. The number of benzene rings is 2. The maximum Gasteiger partial charge on any atom is 0.266 e. The summed E-state index contributed by atoms with van der Waals surface area (Å²) in [6.45, 7) is 3.89. The van der Waals surface area contributed by atoms with Crippen molar-refractivity contribution in [2.75, 3.05) is 58.0 Å². The molecule has 0 saturated carbocycles. The fourth-order valence-corrected chi connectivity index (χ4v) is 4.30. The number of para-hydroxylation sites is 1. The number of thiazole rings is 1. The first kappa shape index (κ1) is 24.2. The van der Waals surface area contributed by atoms with Crippen molar-refractivity contribution < 1.29 is 23.4 Å². The average molecular weight is 482 g/mol. The topological polar surface area (TPSA) is 64.1 Å². The number of nitrogens with zero attached hydrogens (tertiary/aromatic N) is 3. The molecule has 0 radical (unpaired) electrons. The standard InChI is InChI=1S/C22H24FN3O4S.ClH/c1-28-16-6-7-20-18(14-16)24-22(31-20)26(9-8-25-10-12-29-13-11-25)21(27)15-30-19-5-3-2-4-17(19)23;/h2-7,14H,8-13,15H2,1H3;1H. The molecular formula is C22H25ClFN3O4S. The number of anilines is 1. The van der Waals surface area contributed by atoms with E-state index in [0.29, 0.717) is 37.2 Å². The van der Waals surface area contributed by atoms with Gasteiger partial charge in [-0.25, -0.2) is 9.37 Å². The second-order valence-electron chi connectivity index (χ2n) is 7.05. The molecule has 4 rings (SSSR count). The van der Waals surface area contributed by atoms with Gasteiger partial charge in [0.05, 0.1) is 30.5 Å². The Hall–Kier alpha value is -2.46. The van der Waals surface area contributed by atoms with Gasteiger partial charge < -0.3 is 14.2 Å². The van der Waals surface area contributed by atoms with E-state index in [1.54, 1.807) is 24.1 Å². The van der Waals surface area contributed by atoms with Gasteiger partial charge >= 0.3 is 0 Å². The van der Waals surface area contributed by atoms with Crippen LogP contribution in [0, 0.1) is 5.82 Å². The lowest BCUT2D eigenvalue weighted by Gasteiger charge is -2.29. The number of carbonyl (C=O) groups excluding carboxylic acids is 1. The van der Waals surface area contributed by atoms with Gasteiger partial charge in [0.2, 0.25) is 0 Å². The lowest BCUT2D eigenvalue weighted by Crippen LogP contribution is -2.44. The summed E-state index contributed by atoms with van der Waals surface area (Å²) in [6.07, 6.45) is 0. The number of hydrogen-bond acceptors (Lipinski definition) is 7. The van der Waals surface area contributed by atoms with Crippen molar-refractivity contribution in [3.05, 3.63) is 48.3 Å². The van der Waals surface area contributed by atoms with Crippen LogP contribution in [0.5, 0.6) is 11.5 Å². The van der Waals surface area contributed by atoms with Crippen molar-refractivity contribution in [3.63, 3.8) is 0 Å². The number of amides is 1. The third-order valence-corrected chi connectivity index (χ3v) is 6.11. The zero-order valence-corrected chi connectivity index (χ0v) is 19.3. The number of halogens is 2. The Labute approximate surface area is 196 Å². The molecule has 10 heteroatoms. The third kappa shape index (κ3) is 5.86. The minimum atomic E-state index is -0.498. The van der Waals surface area contributed by atoms with E-state index >= 15 is 0 Å². The van der Waals surface area contributed by atoms with Crippen molar-refractivity contribution in [1.29, 1.82) is 0 Å². The smallest absolute Gasteiger partial charge is 0.266 e. The monoisotopic (exact) mass is 481 g/mol. The zero-order valence-electron chi connectivity index (χ0n) is 17.7. The van der Waals surface area contributed by atoms with E-state index in [-0.39, 0.29) is 30.7 Å². The van der Waals surface area contributed by atoms with E-state index in [4.69, 9.17) is 14.2 Å². The minimum absolute atomic E-state index is 0. The summed E-state index contributed by atoms with van der Waals surface area (Å²) in [6, 6.07) is 11.7. The number of hydrogen-bond donors (Lipinski definition) is 0. The number of carbonyl (C=O) groups is 1. The van der Waals surface area contributed by atoms with E-state index in [2.05, 4.69) is 9.88 Å². The van der Waals surface area contributed by atoms with Gasteiger partial charge in [-0.2, -0.15) is 0 Å². The van der Waals surface area contributed by atoms with Gasteiger partial charge in [0.15, 0.2) is 23.3 Å². The van der Waals surface area contributed by atoms with Crippen LogP contribution in [-0.2, 0) is 9.53 Å². The summed E-state index contributed by atoms with van der Waals surface area (Å²) in [4.78, 5) is 21.6. The van der Waals surface area contributed by atoms with Gasteiger partial charge in [0.1, 0.15) is 5.75 Å². The molecule has 0 atom stereocenters. The number of ether oxygens (including phenoxy) is 3. The molecule has 2 aromatic carbocycles. The van der Waals surface area contributed by atoms with Crippen LogP contribution >= 0.6 is 23.7 Å². The lowest BCUT2D eigenvalue weighted by molar-refractivity contribution is -0.120. The van der Waals surface area contributed by atoms with Crippen molar-refractivity contribution >= 4 is 45.0 Å². The summed E-state index contributed by atoms with van der Waals surface area (Å²) < 4.78 is 31.0. The molecule has 32 heavy (non-hydrogen) atoms. The van der Waals surface area contributed by atoms with Gasteiger partial charge in [-0.15, -0.1) is 12.4 Å². The van der Waals surface area contributed by atoms with Crippen LogP contribution in [0.2, 0.25) is 0 Å². The van der Waals surface area contributed by atoms with Crippen molar-refractivity contribution in [1.82, 2.24) is 9.88 Å². The molecule has 1 aliphatic rings. The summed E-state index contributed by atoms with van der Waals surface area (Å²) in [7, 11) is 1.60.